The minimum atomic E-state index is -0.566. The molecule has 0 aliphatic rings. The SMILES string of the molecule is COc1cccc(COc2cc(NC(=O)OC(C)(C)C)ccc2N)c1. The number of ether oxygens (including phenoxy) is 3. The lowest BCUT2D eigenvalue weighted by Gasteiger charge is -2.20. The van der Waals surface area contributed by atoms with Gasteiger partial charge in [0, 0.05) is 11.8 Å². The van der Waals surface area contributed by atoms with Gasteiger partial charge >= 0.3 is 6.09 Å². The topological polar surface area (TPSA) is 82.8 Å². The van der Waals surface area contributed by atoms with Crippen molar-refractivity contribution in [2.75, 3.05) is 18.2 Å². The van der Waals surface area contributed by atoms with Crippen LogP contribution in [0.15, 0.2) is 42.5 Å². The van der Waals surface area contributed by atoms with Gasteiger partial charge in [0.15, 0.2) is 0 Å². The van der Waals surface area contributed by atoms with Crippen LogP contribution in [0.5, 0.6) is 11.5 Å². The van der Waals surface area contributed by atoms with E-state index in [-0.39, 0.29) is 0 Å². The molecule has 0 heterocycles. The van der Waals surface area contributed by atoms with Crippen molar-refractivity contribution < 1.29 is 19.0 Å². The summed E-state index contributed by atoms with van der Waals surface area (Å²) in [5.41, 5.74) is 7.36. The van der Waals surface area contributed by atoms with Gasteiger partial charge in [0.1, 0.15) is 23.7 Å². The largest absolute Gasteiger partial charge is 0.497 e. The standard InChI is InChI=1S/C19H24N2O4/c1-19(2,3)25-18(22)21-14-8-9-16(20)17(11-14)24-12-13-6-5-7-15(10-13)23-4/h5-11H,12,20H2,1-4H3,(H,21,22). The number of anilines is 2. The number of nitrogens with two attached hydrogens (primary N) is 1. The molecule has 0 saturated heterocycles. The molecule has 134 valence electrons. The molecule has 0 atom stereocenters. The second-order valence-electron chi connectivity index (χ2n) is 6.52. The lowest BCUT2D eigenvalue weighted by Crippen LogP contribution is -2.27. The van der Waals surface area contributed by atoms with E-state index in [4.69, 9.17) is 19.9 Å². The summed E-state index contributed by atoms with van der Waals surface area (Å²) in [5.74, 6) is 1.24. The van der Waals surface area contributed by atoms with Gasteiger partial charge in [-0.2, -0.15) is 0 Å². The molecular weight excluding hydrogens is 320 g/mol. The fourth-order valence-electron chi connectivity index (χ4n) is 2.08. The number of carbonyl (C=O) groups excluding carboxylic acids is 1. The molecule has 0 aromatic heterocycles. The zero-order valence-electron chi connectivity index (χ0n) is 15.0. The number of benzene rings is 2. The Balaban J connectivity index is 2.04. The van der Waals surface area contributed by atoms with Crippen molar-refractivity contribution in [3.63, 3.8) is 0 Å². The number of amides is 1. The van der Waals surface area contributed by atoms with Gasteiger partial charge in [0.2, 0.25) is 0 Å². The Morgan fingerprint density at radius 2 is 1.92 bits per heavy atom. The molecule has 6 nitrogen and oxygen atoms in total. The Morgan fingerprint density at radius 1 is 1.16 bits per heavy atom. The molecule has 1 amide bonds. The average molecular weight is 344 g/mol. The Bertz CT molecular complexity index is 738. The van der Waals surface area contributed by atoms with Gasteiger partial charge in [-0.15, -0.1) is 0 Å². The summed E-state index contributed by atoms with van der Waals surface area (Å²) in [6.45, 7) is 5.74. The van der Waals surface area contributed by atoms with Crippen LogP contribution in [0, 0.1) is 0 Å². The molecule has 0 aliphatic carbocycles. The van der Waals surface area contributed by atoms with E-state index in [0.29, 0.717) is 23.7 Å². The molecule has 6 heteroatoms. The molecule has 0 aliphatic heterocycles. The maximum absolute atomic E-state index is 11.9. The number of hydrogen-bond acceptors (Lipinski definition) is 5. The van der Waals surface area contributed by atoms with Gasteiger partial charge in [-0.25, -0.2) is 4.79 Å². The van der Waals surface area contributed by atoms with Gasteiger partial charge in [-0.3, -0.25) is 5.32 Å². The van der Waals surface area contributed by atoms with Gasteiger partial charge in [-0.05, 0) is 50.6 Å². The van der Waals surface area contributed by atoms with Crippen molar-refractivity contribution >= 4 is 17.5 Å². The van der Waals surface area contributed by atoms with Gasteiger partial charge in [0.05, 0.1) is 12.8 Å². The predicted octanol–water partition coefficient (Wildman–Crippen LogP) is 4.20. The van der Waals surface area contributed by atoms with Crippen LogP contribution in [-0.4, -0.2) is 18.8 Å². The normalized spacial score (nSPS) is 10.9. The van der Waals surface area contributed by atoms with Gasteiger partial charge in [0.25, 0.3) is 0 Å². The maximum atomic E-state index is 11.9. The number of rotatable bonds is 5. The second-order valence-corrected chi connectivity index (χ2v) is 6.52. The molecule has 0 fully saturated rings. The third-order valence-corrected chi connectivity index (χ3v) is 3.19. The van der Waals surface area contributed by atoms with Crippen LogP contribution in [0.2, 0.25) is 0 Å². The van der Waals surface area contributed by atoms with Crippen LogP contribution in [0.3, 0.4) is 0 Å². The fraction of sp³-hybridized carbons (Fsp3) is 0.316. The Hall–Kier alpha value is -2.89. The van der Waals surface area contributed by atoms with Crippen LogP contribution in [0.25, 0.3) is 0 Å². The molecule has 3 N–H and O–H groups in total. The molecule has 0 bridgehead atoms. The number of carbonyl (C=O) groups is 1. The molecule has 0 saturated carbocycles. The Morgan fingerprint density at radius 3 is 2.60 bits per heavy atom. The van der Waals surface area contributed by atoms with E-state index in [0.717, 1.165) is 11.3 Å². The number of methoxy groups -OCH3 is 1. The molecular formula is C19H24N2O4. The van der Waals surface area contributed by atoms with Crippen molar-refractivity contribution in [3.05, 3.63) is 48.0 Å². The van der Waals surface area contributed by atoms with Crippen LogP contribution in [0.4, 0.5) is 16.2 Å². The van der Waals surface area contributed by atoms with E-state index in [1.807, 2.05) is 24.3 Å². The Labute approximate surface area is 147 Å². The highest BCUT2D eigenvalue weighted by Gasteiger charge is 2.16. The van der Waals surface area contributed by atoms with Crippen LogP contribution < -0.4 is 20.5 Å². The maximum Gasteiger partial charge on any atom is 0.412 e. The number of nitrogen functional groups attached to an aromatic ring is 1. The van der Waals surface area contributed by atoms with Gasteiger partial charge in [-0.1, -0.05) is 12.1 Å². The van der Waals surface area contributed by atoms with Crippen molar-refractivity contribution in [2.24, 2.45) is 0 Å². The van der Waals surface area contributed by atoms with Crippen molar-refractivity contribution in [1.29, 1.82) is 0 Å². The van der Waals surface area contributed by atoms with Crippen LogP contribution >= 0.6 is 0 Å². The summed E-state index contributed by atoms with van der Waals surface area (Å²) in [5, 5.41) is 2.67. The first kappa shape index (κ1) is 18.4. The van der Waals surface area contributed by atoms with Gasteiger partial charge < -0.3 is 19.9 Å². The van der Waals surface area contributed by atoms with Crippen LogP contribution in [0.1, 0.15) is 26.3 Å². The van der Waals surface area contributed by atoms with E-state index >= 15 is 0 Å². The van der Waals surface area contributed by atoms with Crippen molar-refractivity contribution in [2.45, 2.75) is 33.0 Å². The summed E-state index contributed by atoms with van der Waals surface area (Å²) in [7, 11) is 1.61. The predicted molar refractivity (Wildman–Crippen MR) is 98.0 cm³/mol. The summed E-state index contributed by atoms with van der Waals surface area (Å²) in [4.78, 5) is 11.9. The first-order valence-corrected chi connectivity index (χ1v) is 7.92. The van der Waals surface area contributed by atoms with Crippen molar-refractivity contribution in [1.82, 2.24) is 0 Å². The van der Waals surface area contributed by atoms with E-state index in [1.54, 1.807) is 46.1 Å². The third kappa shape index (κ3) is 5.91. The molecule has 2 aromatic rings. The molecule has 2 rings (SSSR count). The van der Waals surface area contributed by atoms with E-state index in [9.17, 15) is 4.79 Å². The molecule has 25 heavy (non-hydrogen) atoms. The fourth-order valence-corrected chi connectivity index (χ4v) is 2.08. The first-order chi connectivity index (χ1) is 11.8. The monoisotopic (exact) mass is 344 g/mol. The highest BCUT2D eigenvalue weighted by molar-refractivity contribution is 5.85. The summed E-state index contributed by atoms with van der Waals surface area (Å²) < 4.78 is 16.2. The van der Waals surface area contributed by atoms with Crippen LogP contribution in [-0.2, 0) is 11.3 Å². The first-order valence-electron chi connectivity index (χ1n) is 7.92. The lowest BCUT2D eigenvalue weighted by molar-refractivity contribution is 0.0636. The zero-order chi connectivity index (χ0) is 18.4. The average Bonchev–Trinajstić information content (AvgIpc) is 2.53. The number of hydrogen-bond donors (Lipinski definition) is 2. The highest BCUT2D eigenvalue weighted by atomic mass is 16.6. The summed E-state index contributed by atoms with van der Waals surface area (Å²) >= 11 is 0. The molecule has 0 unspecified atom stereocenters. The Kier molecular flexibility index (Phi) is 5.75. The second kappa shape index (κ2) is 7.79. The smallest absolute Gasteiger partial charge is 0.412 e. The quantitative estimate of drug-likeness (QED) is 0.794. The zero-order valence-corrected chi connectivity index (χ0v) is 15.0. The minimum Gasteiger partial charge on any atom is -0.497 e. The molecule has 0 radical (unpaired) electrons. The number of nitrogens with one attached hydrogen (secondary N) is 1. The molecule has 0 spiro atoms. The molecule has 2 aromatic carbocycles. The lowest BCUT2D eigenvalue weighted by atomic mass is 10.2. The van der Waals surface area contributed by atoms with E-state index in [1.165, 1.54) is 0 Å². The minimum absolute atomic E-state index is 0.331. The summed E-state index contributed by atoms with van der Waals surface area (Å²) in [6.07, 6.45) is -0.531. The van der Waals surface area contributed by atoms with Crippen molar-refractivity contribution in [3.8, 4) is 11.5 Å². The van der Waals surface area contributed by atoms with E-state index in [2.05, 4.69) is 5.32 Å². The van der Waals surface area contributed by atoms with E-state index < -0.39 is 11.7 Å². The highest BCUT2D eigenvalue weighted by Crippen LogP contribution is 2.27. The third-order valence-electron chi connectivity index (χ3n) is 3.19. The summed E-state index contributed by atoms with van der Waals surface area (Å²) in [6, 6.07) is 12.6.